The molecule has 104 valence electrons. The maximum absolute atomic E-state index is 10.8. The SMILES string of the molecule is COCc1ccccc1Nc1cc(N)cc([N+](=O)[O-])c1. The Hall–Kier alpha value is -2.60. The standard InChI is InChI=1S/C14H15N3O3/c1-20-9-10-4-2-3-5-14(10)16-12-6-11(15)7-13(8-12)17(18)19/h2-8,16H,9,15H2,1H3. The highest BCUT2D eigenvalue weighted by Crippen LogP contribution is 2.27. The van der Waals surface area contributed by atoms with Crippen LogP contribution in [0.25, 0.3) is 0 Å². The molecular formula is C14H15N3O3. The van der Waals surface area contributed by atoms with Gasteiger partial charge in [-0.05, 0) is 12.1 Å². The number of nitro groups is 1. The van der Waals surface area contributed by atoms with Crippen molar-refractivity contribution in [3.05, 3.63) is 58.1 Å². The largest absolute Gasteiger partial charge is 0.398 e. The fraction of sp³-hybridized carbons (Fsp3) is 0.143. The van der Waals surface area contributed by atoms with Crippen LogP contribution in [0, 0.1) is 10.1 Å². The van der Waals surface area contributed by atoms with Crippen molar-refractivity contribution < 1.29 is 9.66 Å². The van der Waals surface area contributed by atoms with Crippen LogP contribution >= 0.6 is 0 Å². The molecule has 0 aromatic heterocycles. The van der Waals surface area contributed by atoms with Crippen LogP contribution in [0.2, 0.25) is 0 Å². The smallest absolute Gasteiger partial charge is 0.273 e. The monoisotopic (exact) mass is 273 g/mol. The van der Waals surface area contributed by atoms with E-state index >= 15 is 0 Å². The van der Waals surface area contributed by atoms with Crippen LogP contribution in [-0.2, 0) is 11.3 Å². The molecule has 0 saturated carbocycles. The van der Waals surface area contributed by atoms with Gasteiger partial charge in [-0.25, -0.2) is 0 Å². The number of rotatable bonds is 5. The summed E-state index contributed by atoms with van der Waals surface area (Å²) in [5.74, 6) is 0. The summed E-state index contributed by atoms with van der Waals surface area (Å²) >= 11 is 0. The number of methoxy groups -OCH3 is 1. The summed E-state index contributed by atoms with van der Waals surface area (Å²) in [6, 6.07) is 12.0. The van der Waals surface area contributed by atoms with E-state index in [1.54, 1.807) is 13.2 Å². The number of hydrogen-bond acceptors (Lipinski definition) is 5. The number of ether oxygens (including phenoxy) is 1. The van der Waals surface area contributed by atoms with Crippen LogP contribution in [0.5, 0.6) is 0 Å². The summed E-state index contributed by atoms with van der Waals surface area (Å²) in [5, 5.41) is 14.0. The van der Waals surface area contributed by atoms with Gasteiger partial charge in [-0.1, -0.05) is 18.2 Å². The molecule has 0 unspecified atom stereocenters. The van der Waals surface area contributed by atoms with Crippen LogP contribution in [-0.4, -0.2) is 12.0 Å². The molecule has 0 atom stereocenters. The Morgan fingerprint density at radius 1 is 1.30 bits per heavy atom. The highest BCUT2D eigenvalue weighted by Gasteiger charge is 2.09. The second kappa shape index (κ2) is 6.03. The predicted molar refractivity (Wildman–Crippen MR) is 77.9 cm³/mol. The first-order valence-corrected chi connectivity index (χ1v) is 5.99. The molecule has 0 bridgehead atoms. The first kappa shape index (κ1) is 13.8. The number of para-hydroxylation sites is 1. The Morgan fingerprint density at radius 3 is 2.75 bits per heavy atom. The van der Waals surface area contributed by atoms with Gasteiger partial charge in [0.2, 0.25) is 0 Å². The number of nitrogens with one attached hydrogen (secondary N) is 1. The summed E-state index contributed by atoms with van der Waals surface area (Å²) in [4.78, 5) is 10.4. The highest BCUT2D eigenvalue weighted by atomic mass is 16.6. The lowest BCUT2D eigenvalue weighted by atomic mass is 10.1. The van der Waals surface area contributed by atoms with E-state index in [1.165, 1.54) is 12.1 Å². The molecule has 2 rings (SSSR count). The second-order valence-corrected chi connectivity index (χ2v) is 4.29. The van der Waals surface area contributed by atoms with E-state index in [0.717, 1.165) is 11.3 Å². The van der Waals surface area contributed by atoms with Crippen molar-refractivity contribution in [1.29, 1.82) is 0 Å². The first-order chi connectivity index (χ1) is 9.60. The zero-order chi connectivity index (χ0) is 14.5. The number of anilines is 3. The van der Waals surface area contributed by atoms with E-state index < -0.39 is 4.92 Å². The molecule has 6 heteroatoms. The Bertz CT molecular complexity index is 629. The summed E-state index contributed by atoms with van der Waals surface area (Å²) in [5.41, 5.74) is 8.33. The van der Waals surface area contributed by atoms with Gasteiger partial charge in [-0.3, -0.25) is 10.1 Å². The van der Waals surface area contributed by atoms with Gasteiger partial charge in [-0.15, -0.1) is 0 Å². The Kier molecular flexibility index (Phi) is 4.17. The molecule has 0 aliphatic rings. The van der Waals surface area contributed by atoms with Crippen molar-refractivity contribution in [2.75, 3.05) is 18.2 Å². The quantitative estimate of drug-likeness (QED) is 0.496. The van der Waals surface area contributed by atoms with Gasteiger partial charge in [0, 0.05) is 41.9 Å². The van der Waals surface area contributed by atoms with Crippen LogP contribution in [0.15, 0.2) is 42.5 Å². The van der Waals surface area contributed by atoms with Gasteiger partial charge in [0.1, 0.15) is 0 Å². The zero-order valence-electron chi connectivity index (χ0n) is 11.0. The normalized spacial score (nSPS) is 10.2. The minimum atomic E-state index is -0.470. The lowest BCUT2D eigenvalue weighted by Gasteiger charge is -2.12. The summed E-state index contributed by atoms with van der Waals surface area (Å²) in [6.45, 7) is 0.452. The Balaban J connectivity index is 2.32. The molecule has 0 amide bonds. The van der Waals surface area contributed by atoms with Gasteiger partial charge >= 0.3 is 0 Å². The molecule has 0 radical (unpaired) electrons. The van der Waals surface area contributed by atoms with Gasteiger partial charge in [-0.2, -0.15) is 0 Å². The van der Waals surface area contributed by atoms with Crippen molar-refractivity contribution in [1.82, 2.24) is 0 Å². The number of non-ortho nitro benzene ring substituents is 1. The fourth-order valence-corrected chi connectivity index (χ4v) is 1.89. The van der Waals surface area contributed by atoms with Crippen LogP contribution < -0.4 is 11.1 Å². The topological polar surface area (TPSA) is 90.4 Å². The van der Waals surface area contributed by atoms with Crippen molar-refractivity contribution in [3.8, 4) is 0 Å². The number of nitro benzene ring substituents is 1. The molecule has 2 aromatic rings. The average molecular weight is 273 g/mol. The molecule has 0 spiro atoms. The maximum Gasteiger partial charge on any atom is 0.273 e. The van der Waals surface area contributed by atoms with E-state index in [-0.39, 0.29) is 5.69 Å². The number of nitrogens with two attached hydrogens (primary N) is 1. The fourth-order valence-electron chi connectivity index (χ4n) is 1.89. The first-order valence-electron chi connectivity index (χ1n) is 5.99. The van der Waals surface area contributed by atoms with Crippen molar-refractivity contribution in [3.63, 3.8) is 0 Å². The molecule has 2 aromatic carbocycles. The van der Waals surface area contributed by atoms with Gasteiger partial charge in [0.15, 0.2) is 0 Å². The van der Waals surface area contributed by atoms with Gasteiger partial charge in [0.05, 0.1) is 11.5 Å². The average Bonchev–Trinajstić information content (AvgIpc) is 2.40. The van der Waals surface area contributed by atoms with E-state index in [1.807, 2.05) is 24.3 Å². The minimum Gasteiger partial charge on any atom is -0.398 e. The third-order valence-electron chi connectivity index (χ3n) is 2.75. The third-order valence-corrected chi connectivity index (χ3v) is 2.75. The highest BCUT2D eigenvalue weighted by molar-refractivity contribution is 5.69. The van der Waals surface area contributed by atoms with Crippen molar-refractivity contribution in [2.45, 2.75) is 6.61 Å². The molecule has 6 nitrogen and oxygen atoms in total. The lowest BCUT2D eigenvalue weighted by molar-refractivity contribution is -0.384. The molecule has 20 heavy (non-hydrogen) atoms. The summed E-state index contributed by atoms with van der Waals surface area (Å²) < 4.78 is 5.12. The minimum absolute atomic E-state index is 0.0447. The number of hydrogen-bond donors (Lipinski definition) is 2. The number of nitrogens with zero attached hydrogens (tertiary/aromatic N) is 1. The van der Waals surface area contributed by atoms with Crippen LogP contribution in [0.4, 0.5) is 22.7 Å². The number of benzene rings is 2. The van der Waals surface area contributed by atoms with E-state index in [0.29, 0.717) is 18.0 Å². The zero-order valence-corrected chi connectivity index (χ0v) is 11.0. The van der Waals surface area contributed by atoms with Gasteiger partial charge < -0.3 is 15.8 Å². The Morgan fingerprint density at radius 2 is 2.05 bits per heavy atom. The van der Waals surface area contributed by atoms with Crippen LogP contribution in [0.1, 0.15) is 5.56 Å². The van der Waals surface area contributed by atoms with Crippen LogP contribution in [0.3, 0.4) is 0 Å². The Labute approximate surface area is 116 Å². The van der Waals surface area contributed by atoms with Crippen molar-refractivity contribution in [2.24, 2.45) is 0 Å². The maximum atomic E-state index is 10.8. The molecule has 0 fully saturated rings. The third kappa shape index (κ3) is 3.24. The molecule has 0 aliphatic heterocycles. The number of nitrogen functional groups attached to an aromatic ring is 1. The molecule has 0 saturated heterocycles. The van der Waals surface area contributed by atoms with E-state index in [9.17, 15) is 10.1 Å². The predicted octanol–water partition coefficient (Wildman–Crippen LogP) is 3.07. The molecule has 3 N–H and O–H groups in total. The lowest BCUT2D eigenvalue weighted by Crippen LogP contribution is -1.99. The van der Waals surface area contributed by atoms with Crippen molar-refractivity contribution >= 4 is 22.7 Å². The van der Waals surface area contributed by atoms with E-state index in [4.69, 9.17) is 10.5 Å². The summed E-state index contributed by atoms with van der Waals surface area (Å²) in [7, 11) is 1.61. The molecule has 0 heterocycles. The second-order valence-electron chi connectivity index (χ2n) is 4.29. The summed E-state index contributed by atoms with van der Waals surface area (Å²) in [6.07, 6.45) is 0. The van der Waals surface area contributed by atoms with Gasteiger partial charge in [0.25, 0.3) is 5.69 Å². The molecular weight excluding hydrogens is 258 g/mol. The molecule has 0 aliphatic carbocycles. The van der Waals surface area contributed by atoms with E-state index in [2.05, 4.69) is 5.32 Å².